The zero-order valence-corrected chi connectivity index (χ0v) is 15.8. The molecule has 2 aromatic carbocycles. The molecule has 150 valence electrons. The van der Waals surface area contributed by atoms with Crippen LogP contribution in [0.5, 0.6) is 0 Å². The van der Waals surface area contributed by atoms with Gasteiger partial charge in [-0.05, 0) is 30.9 Å². The molecular formula is C20H20N4O5. The highest BCUT2D eigenvalue weighted by Crippen LogP contribution is 2.27. The third-order valence-corrected chi connectivity index (χ3v) is 4.69. The number of nitrogens with zero attached hydrogens (tertiary/aromatic N) is 2. The van der Waals surface area contributed by atoms with Crippen LogP contribution in [0.3, 0.4) is 0 Å². The van der Waals surface area contributed by atoms with Crippen molar-refractivity contribution in [2.75, 3.05) is 11.9 Å². The lowest BCUT2D eigenvalue weighted by Crippen LogP contribution is -2.38. The summed E-state index contributed by atoms with van der Waals surface area (Å²) < 4.78 is 0. The lowest BCUT2D eigenvalue weighted by atomic mass is 10.1. The number of benzene rings is 2. The van der Waals surface area contributed by atoms with E-state index in [0.717, 1.165) is 10.5 Å². The molecule has 0 spiro atoms. The van der Waals surface area contributed by atoms with Crippen LogP contribution < -0.4 is 10.6 Å². The number of hydrogen-bond donors (Lipinski definition) is 2. The van der Waals surface area contributed by atoms with Crippen molar-refractivity contribution in [3.63, 3.8) is 0 Å². The van der Waals surface area contributed by atoms with Crippen LogP contribution in [0.2, 0.25) is 0 Å². The van der Waals surface area contributed by atoms with Crippen LogP contribution in [-0.2, 0) is 16.0 Å². The maximum Gasteiger partial charge on any atom is 0.325 e. The van der Waals surface area contributed by atoms with Gasteiger partial charge in [-0.1, -0.05) is 42.5 Å². The Morgan fingerprint density at radius 3 is 2.59 bits per heavy atom. The van der Waals surface area contributed by atoms with Crippen LogP contribution in [-0.4, -0.2) is 40.3 Å². The molecule has 2 N–H and O–H groups in total. The number of rotatable bonds is 7. The second-order valence-electron chi connectivity index (χ2n) is 6.73. The van der Waals surface area contributed by atoms with Crippen LogP contribution in [0, 0.1) is 17.0 Å². The number of nitro groups is 1. The largest absolute Gasteiger partial charge is 0.326 e. The van der Waals surface area contributed by atoms with Gasteiger partial charge in [0.25, 0.3) is 11.6 Å². The summed E-state index contributed by atoms with van der Waals surface area (Å²) in [6.45, 7) is 1.11. The van der Waals surface area contributed by atoms with Gasteiger partial charge < -0.3 is 10.6 Å². The summed E-state index contributed by atoms with van der Waals surface area (Å²) in [5.74, 6) is -1.17. The maximum absolute atomic E-state index is 12.5. The van der Waals surface area contributed by atoms with Crippen molar-refractivity contribution >= 4 is 29.2 Å². The Hall–Kier alpha value is -3.75. The summed E-state index contributed by atoms with van der Waals surface area (Å²) in [6, 6.07) is 12.6. The molecule has 4 amide bonds. The smallest absolute Gasteiger partial charge is 0.325 e. The van der Waals surface area contributed by atoms with Crippen LogP contribution in [0.25, 0.3) is 0 Å². The van der Waals surface area contributed by atoms with E-state index >= 15 is 0 Å². The monoisotopic (exact) mass is 396 g/mol. The van der Waals surface area contributed by atoms with Gasteiger partial charge in [0, 0.05) is 6.07 Å². The number of carbonyl (C=O) groups is 3. The first-order valence-electron chi connectivity index (χ1n) is 9.06. The second kappa shape index (κ2) is 8.51. The molecule has 2 aromatic rings. The molecule has 0 radical (unpaired) electrons. The summed E-state index contributed by atoms with van der Waals surface area (Å²) in [5, 5.41) is 16.2. The van der Waals surface area contributed by atoms with Gasteiger partial charge in [-0.25, -0.2) is 4.79 Å². The molecule has 3 rings (SSSR count). The first kappa shape index (κ1) is 20.0. The quantitative estimate of drug-likeness (QED) is 0.423. The summed E-state index contributed by atoms with van der Waals surface area (Å²) in [4.78, 5) is 48.4. The average molecular weight is 396 g/mol. The molecule has 1 fully saturated rings. The lowest BCUT2D eigenvalue weighted by Gasteiger charge is -2.14. The minimum atomic E-state index is -0.705. The molecule has 0 bridgehead atoms. The van der Waals surface area contributed by atoms with E-state index in [-0.39, 0.29) is 11.4 Å². The van der Waals surface area contributed by atoms with Crippen LogP contribution in [0.4, 0.5) is 16.2 Å². The average Bonchev–Trinajstić information content (AvgIpc) is 2.96. The summed E-state index contributed by atoms with van der Waals surface area (Å²) >= 11 is 0. The van der Waals surface area contributed by atoms with Crippen LogP contribution >= 0.6 is 0 Å². The van der Waals surface area contributed by atoms with E-state index < -0.39 is 35.4 Å². The Morgan fingerprint density at radius 1 is 1.17 bits per heavy atom. The van der Waals surface area contributed by atoms with Gasteiger partial charge in [0.1, 0.15) is 18.3 Å². The van der Waals surface area contributed by atoms with Gasteiger partial charge in [0.2, 0.25) is 5.91 Å². The van der Waals surface area contributed by atoms with Gasteiger partial charge in [0.05, 0.1) is 4.92 Å². The molecular weight excluding hydrogens is 376 g/mol. The molecule has 29 heavy (non-hydrogen) atoms. The van der Waals surface area contributed by atoms with E-state index in [2.05, 4.69) is 10.6 Å². The molecule has 1 aliphatic heterocycles. The normalized spacial score (nSPS) is 15.9. The van der Waals surface area contributed by atoms with E-state index in [0.29, 0.717) is 18.4 Å². The fraction of sp³-hybridized carbons (Fsp3) is 0.250. The molecule has 0 aliphatic carbocycles. The highest BCUT2D eigenvalue weighted by Gasteiger charge is 2.38. The highest BCUT2D eigenvalue weighted by molar-refractivity contribution is 6.08. The van der Waals surface area contributed by atoms with Gasteiger partial charge in [0.15, 0.2) is 0 Å². The number of urea groups is 1. The fourth-order valence-electron chi connectivity index (χ4n) is 3.17. The zero-order valence-electron chi connectivity index (χ0n) is 15.8. The number of nitro benzene ring substituents is 1. The van der Waals surface area contributed by atoms with Crippen molar-refractivity contribution in [3.8, 4) is 0 Å². The second-order valence-corrected chi connectivity index (χ2v) is 6.73. The van der Waals surface area contributed by atoms with Crippen molar-refractivity contribution in [2.45, 2.75) is 25.8 Å². The topological polar surface area (TPSA) is 122 Å². The number of anilines is 1. The first-order valence-corrected chi connectivity index (χ1v) is 9.06. The molecule has 0 aromatic heterocycles. The van der Waals surface area contributed by atoms with Gasteiger partial charge >= 0.3 is 6.03 Å². The Kier molecular flexibility index (Phi) is 5.87. The summed E-state index contributed by atoms with van der Waals surface area (Å²) in [5.41, 5.74) is 1.34. The Morgan fingerprint density at radius 2 is 1.90 bits per heavy atom. The van der Waals surface area contributed by atoms with Crippen LogP contribution in [0.15, 0.2) is 48.5 Å². The SMILES string of the molecule is Cc1cccc([N+](=O)[O-])c1NC(=O)CN1C(=O)NC(CCc2ccccc2)C1=O. The predicted octanol–water partition coefficient (Wildman–Crippen LogP) is 2.39. The number of amides is 4. The molecule has 1 unspecified atom stereocenters. The summed E-state index contributed by atoms with van der Waals surface area (Å²) in [6.07, 6.45) is 1.02. The molecule has 1 aliphatic rings. The maximum atomic E-state index is 12.5. The summed E-state index contributed by atoms with van der Waals surface area (Å²) in [7, 11) is 0. The number of imide groups is 1. The fourth-order valence-corrected chi connectivity index (χ4v) is 3.17. The van der Waals surface area contributed by atoms with E-state index in [9.17, 15) is 24.5 Å². The van der Waals surface area contributed by atoms with Crippen molar-refractivity contribution < 1.29 is 19.3 Å². The van der Waals surface area contributed by atoms with Crippen molar-refractivity contribution in [2.24, 2.45) is 0 Å². The van der Waals surface area contributed by atoms with Crippen molar-refractivity contribution in [1.29, 1.82) is 0 Å². The number of carbonyl (C=O) groups excluding carboxylic acids is 3. The standard InChI is InChI=1S/C20H20N4O5/c1-13-6-5-9-16(24(28)29)18(13)22-17(25)12-23-19(26)15(21-20(23)27)11-10-14-7-3-2-4-8-14/h2-9,15H,10-12H2,1H3,(H,21,27)(H,22,25). The number of para-hydroxylation sites is 1. The Bertz CT molecular complexity index is 961. The number of aryl methyl sites for hydroxylation is 2. The van der Waals surface area contributed by atoms with Crippen LogP contribution in [0.1, 0.15) is 17.5 Å². The molecule has 1 atom stereocenters. The minimum absolute atomic E-state index is 0.0511. The van der Waals surface area contributed by atoms with E-state index in [1.807, 2.05) is 30.3 Å². The third kappa shape index (κ3) is 4.57. The van der Waals surface area contributed by atoms with E-state index in [1.165, 1.54) is 12.1 Å². The minimum Gasteiger partial charge on any atom is -0.326 e. The van der Waals surface area contributed by atoms with Gasteiger partial charge in [-0.3, -0.25) is 24.6 Å². The van der Waals surface area contributed by atoms with Crippen molar-refractivity contribution in [1.82, 2.24) is 10.2 Å². The van der Waals surface area contributed by atoms with E-state index in [1.54, 1.807) is 13.0 Å². The van der Waals surface area contributed by atoms with Crippen molar-refractivity contribution in [3.05, 3.63) is 69.8 Å². The highest BCUT2D eigenvalue weighted by atomic mass is 16.6. The number of nitrogens with one attached hydrogen (secondary N) is 2. The molecule has 9 nitrogen and oxygen atoms in total. The third-order valence-electron chi connectivity index (χ3n) is 4.69. The molecule has 0 saturated carbocycles. The molecule has 9 heteroatoms. The lowest BCUT2D eigenvalue weighted by molar-refractivity contribution is -0.384. The molecule has 1 saturated heterocycles. The first-order chi connectivity index (χ1) is 13.9. The van der Waals surface area contributed by atoms with Gasteiger partial charge in [-0.2, -0.15) is 0 Å². The Balaban J connectivity index is 1.63. The number of hydrogen-bond acceptors (Lipinski definition) is 5. The Labute approximate surface area is 166 Å². The predicted molar refractivity (Wildman–Crippen MR) is 105 cm³/mol. The zero-order chi connectivity index (χ0) is 21.0. The van der Waals surface area contributed by atoms with Gasteiger partial charge in [-0.15, -0.1) is 0 Å². The molecule has 1 heterocycles. The van der Waals surface area contributed by atoms with E-state index in [4.69, 9.17) is 0 Å².